The number of halogens is 1. The maximum atomic E-state index is 13.7. The fourth-order valence-electron chi connectivity index (χ4n) is 1.25. The summed E-state index contributed by atoms with van der Waals surface area (Å²) in [7, 11) is 1.47. The third-order valence-corrected chi connectivity index (χ3v) is 3.46. The molecule has 1 aromatic rings. The van der Waals surface area contributed by atoms with Gasteiger partial charge in [-0.05, 0) is 19.9 Å². The summed E-state index contributed by atoms with van der Waals surface area (Å²) in [6.45, 7) is 3.92. The van der Waals surface area contributed by atoms with Crippen molar-refractivity contribution in [3.8, 4) is 5.75 Å². The summed E-state index contributed by atoms with van der Waals surface area (Å²) < 4.78 is 18.6. The van der Waals surface area contributed by atoms with Crippen LogP contribution in [-0.2, 0) is 5.75 Å². The van der Waals surface area contributed by atoms with Crippen molar-refractivity contribution in [1.29, 1.82) is 0 Å². The van der Waals surface area contributed by atoms with E-state index in [-0.39, 0.29) is 11.4 Å². The number of ether oxygens (including phenoxy) is 1. The average Bonchev–Trinajstić information content (AvgIpc) is 2.19. The molecule has 2 nitrogen and oxygen atoms in total. The molecular weight excluding hydrogens is 225 g/mol. The molecule has 16 heavy (non-hydrogen) atoms. The van der Waals surface area contributed by atoms with Crippen molar-refractivity contribution >= 4 is 11.8 Å². The van der Waals surface area contributed by atoms with Gasteiger partial charge in [-0.1, -0.05) is 12.1 Å². The summed E-state index contributed by atoms with van der Waals surface area (Å²) in [5.74, 6) is 1.44. The van der Waals surface area contributed by atoms with Gasteiger partial charge in [0.05, 0.1) is 7.11 Å². The van der Waals surface area contributed by atoms with Gasteiger partial charge in [0.1, 0.15) is 0 Å². The zero-order valence-corrected chi connectivity index (χ0v) is 10.7. The van der Waals surface area contributed by atoms with E-state index in [0.29, 0.717) is 17.1 Å². The summed E-state index contributed by atoms with van der Waals surface area (Å²) in [6, 6.07) is 5.19. The lowest BCUT2D eigenvalue weighted by Crippen LogP contribution is -2.34. The molecule has 0 amide bonds. The van der Waals surface area contributed by atoms with Crippen LogP contribution < -0.4 is 10.5 Å². The molecule has 0 radical (unpaired) electrons. The summed E-state index contributed by atoms with van der Waals surface area (Å²) in [6.07, 6.45) is 0. The van der Waals surface area contributed by atoms with Gasteiger partial charge in [0.15, 0.2) is 11.6 Å². The van der Waals surface area contributed by atoms with Gasteiger partial charge in [-0.3, -0.25) is 0 Å². The first-order valence-corrected chi connectivity index (χ1v) is 6.27. The van der Waals surface area contributed by atoms with Crippen LogP contribution in [0, 0.1) is 5.82 Å². The Morgan fingerprint density at radius 3 is 2.69 bits per heavy atom. The highest BCUT2D eigenvalue weighted by Gasteiger charge is 2.12. The van der Waals surface area contributed by atoms with Crippen LogP contribution in [0.2, 0.25) is 0 Å². The van der Waals surface area contributed by atoms with Crippen LogP contribution in [0.3, 0.4) is 0 Å². The fourth-order valence-corrected chi connectivity index (χ4v) is 2.32. The second-order valence-electron chi connectivity index (χ2n) is 4.41. The van der Waals surface area contributed by atoms with Crippen molar-refractivity contribution < 1.29 is 9.13 Å². The molecule has 0 fully saturated rings. The maximum absolute atomic E-state index is 13.7. The molecule has 0 atom stereocenters. The normalized spacial score (nSPS) is 11.6. The van der Waals surface area contributed by atoms with E-state index < -0.39 is 0 Å². The van der Waals surface area contributed by atoms with E-state index >= 15 is 0 Å². The molecule has 0 spiro atoms. The minimum Gasteiger partial charge on any atom is -0.494 e. The van der Waals surface area contributed by atoms with E-state index in [1.54, 1.807) is 30.0 Å². The van der Waals surface area contributed by atoms with E-state index in [9.17, 15) is 4.39 Å². The molecule has 0 aliphatic carbocycles. The Labute approximate surface area is 100 Å². The van der Waals surface area contributed by atoms with Crippen LogP contribution in [0.25, 0.3) is 0 Å². The molecule has 1 aromatic carbocycles. The van der Waals surface area contributed by atoms with Gasteiger partial charge in [-0.25, -0.2) is 4.39 Å². The fraction of sp³-hybridized carbons (Fsp3) is 0.500. The third-order valence-electron chi connectivity index (χ3n) is 1.99. The lowest BCUT2D eigenvalue weighted by molar-refractivity contribution is 0.385. The largest absolute Gasteiger partial charge is 0.494 e. The van der Waals surface area contributed by atoms with Crippen molar-refractivity contribution in [2.45, 2.75) is 25.1 Å². The predicted molar refractivity (Wildman–Crippen MR) is 67.4 cm³/mol. The van der Waals surface area contributed by atoms with Gasteiger partial charge >= 0.3 is 0 Å². The first-order chi connectivity index (χ1) is 7.44. The predicted octanol–water partition coefficient (Wildman–Crippen LogP) is 2.80. The SMILES string of the molecule is COc1cccc(CSCC(C)(C)N)c1F. The highest BCUT2D eigenvalue weighted by molar-refractivity contribution is 7.98. The Hall–Kier alpha value is -0.740. The van der Waals surface area contributed by atoms with Gasteiger partial charge < -0.3 is 10.5 Å². The third kappa shape index (κ3) is 4.02. The van der Waals surface area contributed by atoms with Crippen LogP contribution >= 0.6 is 11.8 Å². The van der Waals surface area contributed by atoms with Gasteiger partial charge in [0.25, 0.3) is 0 Å². The minimum atomic E-state index is -0.271. The second-order valence-corrected chi connectivity index (χ2v) is 5.40. The highest BCUT2D eigenvalue weighted by Crippen LogP contribution is 2.24. The first-order valence-electron chi connectivity index (χ1n) is 5.12. The summed E-state index contributed by atoms with van der Waals surface area (Å²) in [4.78, 5) is 0. The van der Waals surface area contributed by atoms with Crippen LogP contribution in [0.1, 0.15) is 19.4 Å². The molecule has 0 aliphatic rings. The molecule has 0 saturated heterocycles. The summed E-state index contributed by atoms with van der Waals surface area (Å²) >= 11 is 1.63. The van der Waals surface area contributed by atoms with Crippen molar-refractivity contribution in [2.75, 3.05) is 12.9 Å². The van der Waals surface area contributed by atoms with Crippen molar-refractivity contribution in [2.24, 2.45) is 5.73 Å². The molecule has 0 aliphatic heterocycles. The van der Waals surface area contributed by atoms with E-state index in [4.69, 9.17) is 10.5 Å². The number of methoxy groups -OCH3 is 1. The molecule has 0 bridgehead atoms. The van der Waals surface area contributed by atoms with Crippen molar-refractivity contribution in [3.05, 3.63) is 29.6 Å². The Balaban J connectivity index is 2.61. The number of benzene rings is 1. The highest BCUT2D eigenvalue weighted by atomic mass is 32.2. The quantitative estimate of drug-likeness (QED) is 0.863. The monoisotopic (exact) mass is 243 g/mol. The lowest BCUT2D eigenvalue weighted by atomic mass is 10.1. The smallest absolute Gasteiger partial charge is 0.169 e. The standard InChI is InChI=1S/C12H18FNOS/c1-12(2,14)8-16-7-9-5-4-6-10(15-3)11(9)13/h4-6H,7-8,14H2,1-3H3. The maximum Gasteiger partial charge on any atom is 0.169 e. The summed E-state index contributed by atoms with van der Waals surface area (Å²) in [5, 5.41) is 0. The average molecular weight is 243 g/mol. The van der Waals surface area contributed by atoms with E-state index in [0.717, 1.165) is 5.75 Å². The Kier molecular flexibility index (Phi) is 4.62. The molecule has 0 saturated carbocycles. The molecule has 0 unspecified atom stereocenters. The molecule has 1 rings (SSSR count). The van der Waals surface area contributed by atoms with Gasteiger partial charge in [0, 0.05) is 22.6 Å². The van der Waals surface area contributed by atoms with E-state index in [1.807, 2.05) is 13.8 Å². The van der Waals surface area contributed by atoms with Crippen molar-refractivity contribution in [3.63, 3.8) is 0 Å². The molecule has 0 aromatic heterocycles. The van der Waals surface area contributed by atoms with Crippen LogP contribution in [0.15, 0.2) is 18.2 Å². The Morgan fingerprint density at radius 1 is 1.44 bits per heavy atom. The lowest BCUT2D eigenvalue weighted by Gasteiger charge is -2.17. The molecular formula is C12H18FNOS. The Bertz CT molecular complexity index is 349. The molecule has 2 N–H and O–H groups in total. The summed E-state index contributed by atoms with van der Waals surface area (Å²) in [5.41, 5.74) is 6.29. The Morgan fingerprint density at radius 2 is 2.12 bits per heavy atom. The molecule has 4 heteroatoms. The second kappa shape index (κ2) is 5.55. The van der Waals surface area contributed by atoms with Gasteiger partial charge in [-0.2, -0.15) is 11.8 Å². The van der Waals surface area contributed by atoms with Gasteiger partial charge in [0.2, 0.25) is 0 Å². The van der Waals surface area contributed by atoms with Crippen LogP contribution in [0.5, 0.6) is 5.75 Å². The molecule has 0 heterocycles. The number of nitrogens with two attached hydrogens (primary N) is 1. The minimum absolute atomic E-state index is 0.222. The first kappa shape index (κ1) is 13.3. The van der Waals surface area contributed by atoms with Crippen LogP contribution in [-0.4, -0.2) is 18.4 Å². The zero-order valence-electron chi connectivity index (χ0n) is 9.92. The number of rotatable bonds is 5. The zero-order chi connectivity index (χ0) is 12.2. The topological polar surface area (TPSA) is 35.2 Å². The van der Waals surface area contributed by atoms with Crippen LogP contribution in [0.4, 0.5) is 4.39 Å². The molecule has 90 valence electrons. The van der Waals surface area contributed by atoms with E-state index in [1.165, 1.54) is 7.11 Å². The number of thioether (sulfide) groups is 1. The van der Waals surface area contributed by atoms with Crippen molar-refractivity contribution in [1.82, 2.24) is 0 Å². The van der Waals surface area contributed by atoms with E-state index in [2.05, 4.69) is 0 Å². The van der Waals surface area contributed by atoms with Gasteiger partial charge in [-0.15, -0.1) is 0 Å². The number of hydrogen-bond donors (Lipinski definition) is 1. The number of hydrogen-bond acceptors (Lipinski definition) is 3.